The number of hydrogen-bond acceptors (Lipinski definition) is 13. The lowest BCUT2D eigenvalue weighted by molar-refractivity contribution is -0.143. The van der Waals surface area contributed by atoms with Crippen molar-refractivity contribution >= 4 is 47.4 Å². The number of amides is 6. The number of benzene rings is 1. The third kappa shape index (κ3) is 19.7. The normalized spacial score (nSPS) is 14.1. The number of guanidine groups is 1. The minimum absolute atomic E-state index is 0.00135. The number of hydrogen-bond donors (Lipinski definition) is 14. The van der Waals surface area contributed by atoms with Crippen LogP contribution in [0.25, 0.3) is 0 Å². The Kier molecular flexibility index (Phi) is 22.8. The molecular weight excluding hydrogens is 750 g/mol. The first-order valence-electron chi connectivity index (χ1n) is 18.4. The Morgan fingerprint density at radius 1 is 0.702 bits per heavy atom. The highest BCUT2D eigenvalue weighted by Crippen LogP contribution is 2.11. The van der Waals surface area contributed by atoms with Crippen molar-refractivity contribution in [3.8, 4) is 5.75 Å². The minimum Gasteiger partial charge on any atom is -0.508 e. The van der Waals surface area contributed by atoms with Gasteiger partial charge in [0, 0.05) is 6.54 Å². The van der Waals surface area contributed by atoms with E-state index in [4.69, 9.17) is 22.9 Å². The maximum Gasteiger partial charge on any atom is 0.328 e. The van der Waals surface area contributed by atoms with E-state index in [9.17, 15) is 54.0 Å². The molecule has 320 valence electrons. The van der Waals surface area contributed by atoms with Gasteiger partial charge >= 0.3 is 5.97 Å². The number of phenols is 1. The molecule has 1 aromatic rings. The number of aliphatic hydroxyl groups is 2. The molecule has 1 aromatic carbocycles. The predicted molar refractivity (Wildman–Crippen MR) is 207 cm³/mol. The fourth-order valence-corrected chi connectivity index (χ4v) is 5.23. The van der Waals surface area contributed by atoms with Gasteiger partial charge in [0.1, 0.15) is 36.0 Å². The third-order valence-electron chi connectivity index (χ3n) is 8.28. The van der Waals surface area contributed by atoms with E-state index in [1.807, 2.05) is 0 Å². The van der Waals surface area contributed by atoms with Crippen LogP contribution in [0.4, 0.5) is 0 Å². The Labute approximate surface area is 330 Å². The number of aliphatic carboxylic acids is 1. The van der Waals surface area contributed by atoms with Gasteiger partial charge in [-0.2, -0.15) is 0 Å². The lowest BCUT2D eigenvalue weighted by Crippen LogP contribution is -2.60. The zero-order valence-corrected chi connectivity index (χ0v) is 32.2. The van der Waals surface area contributed by atoms with Crippen molar-refractivity contribution in [2.75, 3.05) is 32.8 Å². The molecule has 6 atom stereocenters. The molecule has 0 saturated heterocycles. The molecule has 22 nitrogen and oxygen atoms in total. The van der Waals surface area contributed by atoms with E-state index in [0.29, 0.717) is 18.4 Å². The van der Waals surface area contributed by atoms with Gasteiger partial charge in [0.05, 0.1) is 25.8 Å². The van der Waals surface area contributed by atoms with Gasteiger partial charge in [-0.05, 0) is 75.1 Å². The number of carboxylic acid groups (broad SMARTS) is 1. The predicted octanol–water partition coefficient (Wildman–Crippen LogP) is -4.90. The molecule has 0 radical (unpaired) electrons. The Bertz CT molecular complexity index is 1510. The van der Waals surface area contributed by atoms with E-state index in [-0.39, 0.29) is 62.8 Å². The molecule has 0 aromatic heterocycles. The molecule has 57 heavy (non-hydrogen) atoms. The first kappa shape index (κ1) is 49.4. The van der Waals surface area contributed by atoms with Gasteiger partial charge in [0.2, 0.25) is 35.4 Å². The van der Waals surface area contributed by atoms with Crippen LogP contribution < -0.4 is 54.8 Å². The third-order valence-corrected chi connectivity index (χ3v) is 8.28. The van der Waals surface area contributed by atoms with Crippen molar-refractivity contribution < 1.29 is 54.0 Å². The van der Waals surface area contributed by atoms with Crippen LogP contribution in [-0.4, -0.2) is 137 Å². The summed E-state index contributed by atoms with van der Waals surface area (Å²) in [4.78, 5) is 94.0. The van der Waals surface area contributed by atoms with Gasteiger partial charge in [-0.1, -0.05) is 26.0 Å². The summed E-state index contributed by atoms with van der Waals surface area (Å²) in [6.45, 7) is 1.49. The average Bonchev–Trinajstić information content (AvgIpc) is 3.15. The number of rotatable bonds is 27. The van der Waals surface area contributed by atoms with E-state index in [2.05, 4.69) is 36.9 Å². The lowest BCUT2D eigenvalue weighted by atomic mass is 10.0. The summed E-state index contributed by atoms with van der Waals surface area (Å²) in [7, 11) is 0. The number of unbranched alkanes of at least 4 members (excludes halogenated alkanes) is 1. The first-order chi connectivity index (χ1) is 26.9. The lowest BCUT2D eigenvalue weighted by Gasteiger charge is -2.26. The molecule has 1 rings (SSSR count). The maximum atomic E-state index is 13.6. The molecular formula is C35H59N11O11. The number of carbonyl (C=O) groups is 7. The van der Waals surface area contributed by atoms with Crippen molar-refractivity contribution in [2.45, 2.75) is 95.0 Å². The summed E-state index contributed by atoms with van der Waals surface area (Å²) in [6.07, 6.45) is 1.10. The van der Waals surface area contributed by atoms with E-state index < -0.39 is 97.4 Å². The van der Waals surface area contributed by atoms with Crippen molar-refractivity contribution in [3.63, 3.8) is 0 Å². The SMILES string of the molecule is CC(C)C[C@H](NC(=O)CNC(=O)[C@@H](N)Cc1ccc(O)cc1)C(=O)N[C@@H](CCCN=C(N)N)C(=O)N[C@@H](CO)C(=O)N[C@@H](CCCCN)C(=O)N[C@@H](CO)C(=O)O. The van der Waals surface area contributed by atoms with Crippen LogP contribution in [0.5, 0.6) is 5.75 Å². The standard InChI is InChI=1S/C35H59N11O11/c1-19(2)14-25(42-28(50)16-41-29(51)22(37)15-20-8-10-21(49)11-9-20)32(54)43-24(7-5-13-40-35(38)39)30(52)45-26(17-47)33(55)44-23(6-3-4-12-36)31(53)46-27(18-48)34(56)57/h8-11,19,22-27,47-49H,3-7,12-18,36-37H2,1-2H3,(H,41,51)(H,42,50)(H,43,54)(H,44,55)(H,45,52)(H,46,53)(H,56,57)(H4,38,39,40)/t22-,23-,24-,25-,26-,27-/m0/s1. The summed E-state index contributed by atoms with van der Waals surface area (Å²) in [5.41, 5.74) is 23.0. The van der Waals surface area contributed by atoms with Crippen molar-refractivity contribution in [1.29, 1.82) is 0 Å². The summed E-state index contributed by atoms with van der Waals surface area (Å²) >= 11 is 0. The molecule has 0 spiro atoms. The van der Waals surface area contributed by atoms with Gasteiger partial charge in [0.15, 0.2) is 5.96 Å². The molecule has 0 aliphatic heterocycles. The smallest absolute Gasteiger partial charge is 0.328 e. The van der Waals surface area contributed by atoms with Crippen LogP contribution in [-0.2, 0) is 40.0 Å². The zero-order chi connectivity index (χ0) is 43.1. The number of nitrogens with two attached hydrogens (primary N) is 4. The van der Waals surface area contributed by atoms with Crippen LogP contribution in [0.1, 0.15) is 57.9 Å². The van der Waals surface area contributed by atoms with Crippen molar-refractivity contribution in [2.24, 2.45) is 33.8 Å². The second-order valence-corrected chi connectivity index (χ2v) is 13.6. The van der Waals surface area contributed by atoms with Crippen LogP contribution in [0.15, 0.2) is 29.3 Å². The largest absolute Gasteiger partial charge is 0.508 e. The Hall–Kier alpha value is -5.58. The Morgan fingerprint density at radius 2 is 1.21 bits per heavy atom. The maximum absolute atomic E-state index is 13.6. The van der Waals surface area contributed by atoms with Crippen LogP contribution in [0.3, 0.4) is 0 Å². The molecule has 0 heterocycles. The number of phenolic OH excluding ortho intramolecular Hbond substituents is 1. The molecule has 0 aliphatic carbocycles. The van der Waals surface area contributed by atoms with Crippen LogP contribution >= 0.6 is 0 Å². The zero-order valence-electron chi connectivity index (χ0n) is 32.2. The first-order valence-corrected chi connectivity index (χ1v) is 18.4. The van der Waals surface area contributed by atoms with Crippen LogP contribution in [0, 0.1) is 5.92 Å². The highest BCUT2D eigenvalue weighted by atomic mass is 16.4. The number of aliphatic hydroxyl groups excluding tert-OH is 2. The van der Waals surface area contributed by atoms with E-state index in [0.717, 1.165) is 0 Å². The number of carboxylic acids is 1. The molecule has 0 unspecified atom stereocenters. The number of carbonyl (C=O) groups excluding carboxylic acids is 6. The number of aliphatic imine (C=N–C) groups is 1. The second-order valence-electron chi connectivity index (χ2n) is 13.6. The number of nitrogens with zero attached hydrogens (tertiary/aromatic N) is 1. The van der Waals surface area contributed by atoms with E-state index in [1.165, 1.54) is 12.1 Å². The van der Waals surface area contributed by atoms with Gasteiger partial charge < -0.3 is 75.3 Å². The molecule has 22 heteroatoms. The highest BCUT2D eigenvalue weighted by Gasteiger charge is 2.32. The Balaban J connectivity index is 3.11. The Morgan fingerprint density at radius 3 is 1.72 bits per heavy atom. The fourth-order valence-electron chi connectivity index (χ4n) is 5.23. The molecule has 0 aliphatic rings. The quantitative estimate of drug-likeness (QED) is 0.0225. The molecule has 18 N–H and O–H groups in total. The fraction of sp³-hybridized carbons (Fsp3) is 0.600. The average molecular weight is 810 g/mol. The summed E-state index contributed by atoms with van der Waals surface area (Å²) < 4.78 is 0. The van der Waals surface area contributed by atoms with E-state index in [1.54, 1.807) is 26.0 Å². The number of nitrogens with one attached hydrogen (secondary N) is 6. The molecule has 0 fully saturated rings. The van der Waals surface area contributed by atoms with E-state index >= 15 is 0 Å². The molecule has 0 bridgehead atoms. The second kappa shape index (κ2) is 26.3. The van der Waals surface area contributed by atoms with Gasteiger partial charge in [-0.3, -0.25) is 33.8 Å². The monoisotopic (exact) mass is 809 g/mol. The topological polar surface area (TPSA) is 389 Å². The van der Waals surface area contributed by atoms with Crippen molar-refractivity contribution in [1.82, 2.24) is 31.9 Å². The highest BCUT2D eigenvalue weighted by molar-refractivity contribution is 5.96. The molecule has 0 saturated carbocycles. The minimum atomic E-state index is -1.66. The van der Waals surface area contributed by atoms with Gasteiger partial charge in [0.25, 0.3) is 0 Å². The summed E-state index contributed by atoms with van der Waals surface area (Å²) in [5, 5.41) is 52.4. The summed E-state index contributed by atoms with van der Waals surface area (Å²) in [5.74, 6) is -6.87. The van der Waals surface area contributed by atoms with Gasteiger partial charge in [-0.25, -0.2) is 4.79 Å². The van der Waals surface area contributed by atoms with Crippen molar-refractivity contribution in [3.05, 3.63) is 29.8 Å². The summed E-state index contributed by atoms with van der Waals surface area (Å²) in [6, 6.07) is -2.13. The number of aromatic hydroxyl groups is 1. The molecule has 6 amide bonds. The van der Waals surface area contributed by atoms with Crippen LogP contribution in [0.2, 0.25) is 0 Å². The van der Waals surface area contributed by atoms with Gasteiger partial charge in [-0.15, -0.1) is 0 Å².